The van der Waals surface area contributed by atoms with E-state index in [2.05, 4.69) is 44.6 Å². The van der Waals surface area contributed by atoms with Crippen LogP contribution in [0.1, 0.15) is 24.4 Å². The van der Waals surface area contributed by atoms with Crippen molar-refractivity contribution in [1.29, 1.82) is 0 Å². The summed E-state index contributed by atoms with van der Waals surface area (Å²) >= 11 is 0. The number of anilines is 1. The molecule has 0 radical (unpaired) electrons. The van der Waals surface area contributed by atoms with Crippen molar-refractivity contribution in [3.63, 3.8) is 0 Å². The van der Waals surface area contributed by atoms with Crippen molar-refractivity contribution in [3.05, 3.63) is 48.2 Å². The minimum absolute atomic E-state index is 0.427. The standard InChI is InChI=1S/C14H14N4/c1-2-6-17-9(3-1)8-18-11-4-5-15-7-10(11)12-13(16-12)14(17)18/h2,4-8,12-14,16H,1,3H2. The number of rotatable bonds is 0. The van der Waals surface area contributed by atoms with Crippen molar-refractivity contribution in [3.8, 4) is 0 Å². The summed E-state index contributed by atoms with van der Waals surface area (Å²) in [6, 6.07) is 3.17. The van der Waals surface area contributed by atoms with Crippen molar-refractivity contribution in [2.75, 3.05) is 4.90 Å². The maximum absolute atomic E-state index is 4.27. The average molecular weight is 238 g/mol. The lowest BCUT2D eigenvalue weighted by Gasteiger charge is -2.36. The summed E-state index contributed by atoms with van der Waals surface area (Å²) in [4.78, 5) is 9.12. The van der Waals surface area contributed by atoms with Gasteiger partial charge in [0.15, 0.2) is 0 Å². The highest BCUT2D eigenvalue weighted by Crippen LogP contribution is 2.49. The maximum atomic E-state index is 4.27. The molecule has 0 amide bonds. The minimum Gasteiger partial charge on any atom is -0.328 e. The monoisotopic (exact) mass is 238 g/mol. The lowest BCUT2D eigenvalue weighted by Crippen LogP contribution is -2.45. The van der Waals surface area contributed by atoms with Gasteiger partial charge < -0.3 is 15.1 Å². The average Bonchev–Trinajstić information content (AvgIpc) is 3.13. The zero-order valence-corrected chi connectivity index (χ0v) is 9.95. The van der Waals surface area contributed by atoms with E-state index in [1.165, 1.54) is 16.9 Å². The summed E-state index contributed by atoms with van der Waals surface area (Å²) in [7, 11) is 0. The summed E-state index contributed by atoms with van der Waals surface area (Å²) in [5.74, 6) is 0. The topological polar surface area (TPSA) is 41.3 Å². The molecule has 4 nitrogen and oxygen atoms in total. The van der Waals surface area contributed by atoms with Crippen molar-refractivity contribution in [2.24, 2.45) is 0 Å². The molecule has 5 rings (SSSR count). The van der Waals surface area contributed by atoms with Crippen LogP contribution >= 0.6 is 0 Å². The van der Waals surface area contributed by atoms with E-state index in [9.17, 15) is 0 Å². The first kappa shape index (κ1) is 9.16. The molecule has 5 heterocycles. The van der Waals surface area contributed by atoms with Gasteiger partial charge in [-0.05, 0) is 18.9 Å². The summed E-state index contributed by atoms with van der Waals surface area (Å²) in [5, 5.41) is 3.60. The Labute approximate surface area is 106 Å². The zero-order chi connectivity index (χ0) is 11.7. The van der Waals surface area contributed by atoms with Crippen molar-refractivity contribution in [2.45, 2.75) is 31.1 Å². The fraction of sp³-hybridized carbons (Fsp3) is 0.357. The van der Waals surface area contributed by atoms with Crippen LogP contribution in [0.5, 0.6) is 0 Å². The van der Waals surface area contributed by atoms with Gasteiger partial charge in [0.1, 0.15) is 6.17 Å². The molecular formula is C14H14N4. The van der Waals surface area contributed by atoms with Crippen LogP contribution in [0.25, 0.3) is 0 Å². The normalized spacial score (nSPS) is 34.4. The van der Waals surface area contributed by atoms with E-state index < -0.39 is 0 Å². The van der Waals surface area contributed by atoms with E-state index in [1.54, 1.807) is 0 Å². The number of aromatic nitrogens is 1. The number of hydrogen-bond donors (Lipinski definition) is 1. The van der Waals surface area contributed by atoms with Crippen molar-refractivity contribution < 1.29 is 0 Å². The second-order valence-corrected chi connectivity index (χ2v) is 5.38. The predicted molar refractivity (Wildman–Crippen MR) is 68.5 cm³/mol. The van der Waals surface area contributed by atoms with E-state index in [1.807, 2.05) is 12.4 Å². The highest BCUT2D eigenvalue weighted by atomic mass is 15.5. The van der Waals surface area contributed by atoms with Crippen LogP contribution in [-0.2, 0) is 0 Å². The molecule has 3 unspecified atom stereocenters. The Kier molecular flexibility index (Phi) is 1.50. The molecule has 1 N–H and O–H groups in total. The lowest BCUT2D eigenvalue weighted by atomic mass is 10.0. The first-order valence-corrected chi connectivity index (χ1v) is 6.57. The molecule has 4 aliphatic heterocycles. The fourth-order valence-electron chi connectivity index (χ4n) is 3.53. The van der Waals surface area contributed by atoms with Gasteiger partial charge in [-0.15, -0.1) is 0 Å². The van der Waals surface area contributed by atoms with E-state index in [4.69, 9.17) is 0 Å². The van der Waals surface area contributed by atoms with Gasteiger partial charge in [-0.25, -0.2) is 0 Å². The Hall–Kier alpha value is -1.81. The molecule has 1 aromatic rings. The molecule has 0 bridgehead atoms. The Morgan fingerprint density at radius 2 is 2.33 bits per heavy atom. The molecule has 1 aromatic heterocycles. The fourth-order valence-corrected chi connectivity index (χ4v) is 3.53. The molecule has 1 fully saturated rings. The third-order valence-electron chi connectivity index (χ3n) is 4.41. The molecule has 4 heteroatoms. The van der Waals surface area contributed by atoms with Gasteiger partial charge in [-0.2, -0.15) is 0 Å². The molecule has 0 saturated carbocycles. The second kappa shape index (κ2) is 2.95. The second-order valence-electron chi connectivity index (χ2n) is 5.38. The van der Waals surface area contributed by atoms with Crippen LogP contribution in [0.15, 0.2) is 42.6 Å². The lowest BCUT2D eigenvalue weighted by molar-refractivity contribution is 0.338. The predicted octanol–water partition coefficient (Wildman–Crippen LogP) is 1.71. The quantitative estimate of drug-likeness (QED) is 0.699. The van der Waals surface area contributed by atoms with Gasteiger partial charge in [0, 0.05) is 36.1 Å². The molecule has 0 aromatic carbocycles. The Morgan fingerprint density at radius 3 is 3.33 bits per heavy atom. The summed E-state index contributed by atoms with van der Waals surface area (Å²) < 4.78 is 0. The Balaban J connectivity index is 1.69. The Morgan fingerprint density at radius 1 is 1.33 bits per heavy atom. The molecule has 4 aliphatic rings. The van der Waals surface area contributed by atoms with Gasteiger partial charge in [0.25, 0.3) is 0 Å². The molecule has 18 heavy (non-hydrogen) atoms. The number of hydrogen-bond acceptors (Lipinski definition) is 4. The van der Waals surface area contributed by atoms with Crippen molar-refractivity contribution >= 4 is 5.69 Å². The molecule has 0 spiro atoms. The number of nitrogens with zero attached hydrogens (tertiary/aromatic N) is 3. The van der Waals surface area contributed by atoms with Gasteiger partial charge in [-0.1, -0.05) is 6.08 Å². The summed E-state index contributed by atoms with van der Waals surface area (Å²) in [6.07, 6.45) is 13.5. The van der Waals surface area contributed by atoms with Gasteiger partial charge >= 0.3 is 0 Å². The molecule has 0 aliphatic carbocycles. The SMILES string of the molecule is C1=CN2C(=CN3c4ccncc4C4NC4C23)CC1. The number of pyridine rings is 1. The van der Waals surface area contributed by atoms with Crippen LogP contribution in [0.2, 0.25) is 0 Å². The first-order valence-electron chi connectivity index (χ1n) is 6.57. The van der Waals surface area contributed by atoms with E-state index >= 15 is 0 Å². The van der Waals surface area contributed by atoms with Crippen LogP contribution < -0.4 is 10.2 Å². The van der Waals surface area contributed by atoms with Crippen LogP contribution in [0, 0.1) is 0 Å². The largest absolute Gasteiger partial charge is 0.328 e. The van der Waals surface area contributed by atoms with Crippen molar-refractivity contribution in [1.82, 2.24) is 15.2 Å². The number of fused-ring (bicyclic) bond motifs is 8. The highest BCUT2D eigenvalue weighted by Gasteiger charge is 2.55. The molecule has 1 saturated heterocycles. The van der Waals surface area contributed by atoms with Crippen LogP contribution in [0.3, 0.4) is 0 Å². The van der Waals surface area contributed by atoms with Gasteiger partial charge in [0.2, 0.25) is 0 Å². The third kappa shape index (κ3) is 0.980. The molecular weight excluding hydrogens is 224 g/mol. The smallest absolute Gasteiger partial charge is 0.127 e. The molecule has 3 atom stereocenters. The number of nitrogens with one attached hydrogen (secondary N) is 1. The van der Waals surface area contributed by atoms with Gasteiger partial charge in [0.05, 0.1) is 17.8 Å². The third-order valence-corrected chi connectivity index (χ3v) is 4.41. The van der Waals surface area contributed by atoms with E-state index in [0.29, 0.717) is 18.2 Å². The van der Waals surface area contributed by atoms with E-state index in [0.717, 1.165) is 12.8 Å². The first-order chi connectivity index (χ1) is 8.93. The summed E-state index contributed by atoms with van der Waals surface area (Å²) in [5.41, 5.74) is 4.11. The molecule has 90 valence electrons. The maximum Gasteiger partial charge on any atom is 0.127 e. The summed E-state index contributed by atoms with van der Waals surface area (Å²) in [6.45, 7) is 0. The number of allylic oxidation sites excluding steroid dienone is 2. The minimum atomic E-state index is 0.427. The van der Waals surface area contributed by atoms with E-state index in [-0.39, 0.29) is 0 Å². The highest BCUT2D eigenvalue weighted by molar-refractivity contribution is 5.64. The van der Waals surface area contributed by atoms with Crippen LogP contribution in [-0.4, -0.2) is 22.1 Å². The zero-order valence-electron chi connectivity index (χ0n) is 9.95. The van der Waals surface area contributed by atoms with Gasteiger partial charge in [-0.3, -0.25) is 4.98 Å². The van der Waals surface area contributed by atoms with Crippen LogP contribution in [0.4, 0.5) is 5.69 Å². The Bertz CT molecular complexity index is 591.